The fourth-order valence-electron chi connectivity index (χ4n) is 2.78. The van der Waals surface area contributed by atoms with E-state index in [-0.39, 0.29) is 29.4 Å². The summed E-state index contributed by atoms with van der Waals surface area (Å²) >= 11 is 0. The second-order valence-corrected chi connectivity index (χ2v) is 7.04. The Morgan fingerprint density at radius 2 is 1.76 bits per heavy atom. The van der Waals surface area contributed by atoms with E-state index < -0.39 is 29.6 Å². The zero-order valence-electron chi connectivity index (χ0n) is 16.9. The van der Waals surface area contributed by atoms with Crippen molar-refractivity contribution in [3.8, 4) is 0 Å². The summed E-state index contributed by atoms with van der Waals surface area (Å²) in [5.74, 6) is -1.65. The Labute approximate surface area is 167 Å². The summed E-state index contributed by atoms with van der Waals surface area (Å²) in [5, 5.41) is 0. The molecular weight excluding hydrogens is 378 g/mol. The van der Waals surface area contributed by atoms with Crippen LogP contribution in [0.2, 0.25) is 0 Å². The molecule has 0 aliphatic carbocycles. The minimum absolute atomic E-state index is 0.0642. The molecule has 0 unspecified atom stereocenters. The predicted octanol–water partition coefficient (Wildman–Crippen LogP) is 0.971. The quantitative estimate of drug-likeness (QED) is 0.515. The molecule has 0 radical (unpaired) electrons. The molecule has 0 atom stereocenters. The van der Waals surface area contributed by atoms with E-state index in [0.29, 0.717) is 6.61 Å². The first kappa shape index (κ1) is 22.1. The van der Waals surface area contributed by atoms with E-state index in [9.17, 15) is 19.2 Å². The maximum atomic E-state index is 12.6. The first-order chi connectivity index (χ1) is 13.7. The third kappa shape index (κ3) is 5.00. The number of ketones is 1. The summed E-state index contributed by atoms with van der Waals surface area (Å²) in [4.78, 5) is 49.4. The van der Waals surface area contributed by atoms with Crippen LogP contribution in [0.15, 0.2) is 33.9 Å². The van der Waals surface area contributed by atoms with E-state index in [2.05, 4.69) is 0 Å². The Balaban J connectivity index is 2.22. The number of carbonyl (C=O) groups is 2. The molecule has 2 N–H and O–H groups in total. The van der Waals surface area contributed by atoms with E-state index in [4.69, 9.17) is 15.2 Å². The summed E-state index contributed by atoms with van der Waals surface area (Å²) in [6, 6.07) is 6.52. The lowest BCUT2D eigenvalue weighted by molar-refractivity contribution is 0.0474. The molecule has 9 nitrogen and oxygen atoms in total. The summed E-state index contributed by atoms with van der Waals surface area (Å²) in [6.07, 6.45) is 0. The van der Waals surface area contributed by atoms with Gasteiger partial charge in [-0.2, -0.15) is 0 Å². The Hall–Kier alpha value is -3.20. The number of Topliss-reactive ketones (excluding diaryl/α,β-unsaturated/α-hetero) is 1. The van der Waals surface area contributed by atoms with Crippen LogP contribution in [-0.4, -0.2) is 34.6 Å². The molecule has 0 saturated heterocycles. The zero-order valence-corrected chi connectivity index (χ0v) is 16.9. The van der Waals surface area contributed by atoms with Crippen LogP contribution >= 0.6 is 0 Å². The van der Waals surface area contributed by atoms with Gasteiger partial charge in [-0.05, 0) is 23.6 Å². The van der Waals surface area contributed by atoms with Gasteiger partial charge in [0.1, 0.15) is 11.4 Å². The van der Waals surface area contributed by atoms with Crippen molar-refractivity contribution in [2.45, 2.75) is 27.0 Å². The molecule has 0 bridgehead atoms. The van der Waals surface area contributed by atoms with Crippen molar-refractivity contribution in [2.75, 3.05) is 19.5 Å². The van der Waals surface area contributed by atoms with Crippen LogP contribution in [0.4, 0.5) is 5.82 Å². The van der Waals surface area contributed by atoms with Gasteiger partial charge in [-0.3, -0.25) is 18.7 Å². The van der Waals surface area contributed by atoms with Crippen molar-refractivity contribution in [1.82, 2.24) is 9.13 Å². The van der Waals surface area contributed by atoms with Gasteiger partial charge in [-0.1, -0.05) is 26.0 Å². The molecule has 0 amide bonds. The lowest BCUT2D eigenvalue weighted by Gasteiger charge is -2.16. The van der Waals surface area contributed by atoms with Gasteiger partial charge < -0.3 is 15.2 Å². The topological polar surface area (TPSA) is 123 Å². The lowest BCUT2D eigenvalue weighted by atomic mass is 10.1. The highest BCUT2D eigenvalue weighted by molar-refractivity contribution is 6.02. The number of methoxy groups -OCH3 is 1. The molecule has 2 rings (SSSR count). The zero-order chi connectivity index (χ0) is 21.7. The first-order valence-corrected chi connectivity index (χ1v) is 9.04. The molecule has 1 heterocycles. The van der Waals surface area contributed by atoms with Gasteiger partial charge in [-0.25, -0.2) is 9.59 Å². The van der Waals surface area contributed by atoms with Crippen LogP contribution in [0.1, 0.15) is 40.1 Å². The van der Waals surface area contributed by atoms with Crippen LogP contribution < -0.4 is 17.0 Å². The minimum Gasteiger partial charge on any atom is -0.454 e. The van der Waals surface area contributed by atoms with Gasteiger partial charge in [0.25, 0.3) is 5.56 Å². The molecule has 0 aliphatic heterocycles. The van der Waals surface area contributed by atoms with Crippen molar-refractivity contribution in [3.05, 3.63) is 61.8 Å². The van der Waals surface area contributed by atoms with E-state index in [1.165, 1.54) is 11.6 Å². The minimum atomic E-state index is -0.822. The molecule has 9 heteroatoms. The van der Waals surface area contributed by atoms with Gasteiger partial charge in [-0.15, -0.1) is 0 Å². The predicted molar refractivity (Wildman–Crippen MR) is 107 cm³/mol. The van der Waals surface area contributed by atoms with Gasteiger partial charge in [0.05, 0.1) is 12.2 Å². The van der Waals surface area contributed by atoms with Crippen LogP contribution in [-0.2, 0) is 29.7 Å². The number of nitrogen functional groups attached to an aromatic ring is 1. The third-order valence-corrected chi connectivity index (χ3v) is 4.24. The van der Waals surface area contributed by atoms with Gasteiger partial charge in [0.2, 0.25) is 5.78 Å². The fourth-order valence-corrected chi connectivity index (χ4v) is 2.78. The average Bonchev–Trinajstić information content (AvgIpc) is 2.68. The summed E-state index contributed by atoms with van der Waals surface area (Å²) in [7, 11) is 2.83. The second-order valence-electron chi connectivity index (χ2n) is 7.04. The SMILES string of the molecule is COCc1ccc(C(=O)OCC(=O)c2c(N)n(CC(C)C)c(=O)n(C)c2=O)cc1. The molecule has 0 saturated carbocycles. The number of carbonyl (C=O) groups excluding carboxylic acids is 2. The lowest BCUT2D eigenvalue weighted by Crippen LogP contribution is -2.43. The number of hydrogen-bond donors (Lipinski definition) is 1. The highest BCUT2D eigenvalue weighted by Crippen LogP contribution is 2.10. The maximum absolute atomic E-state index is 12.6. The normalized spacial score (nSPS) is 10.9. The van der Waals surface area contributed by atoms with Gasteiger partial charge >= 0.3 is 11.7 Å². The van der Waals surface area contributed by atoms with Crippen molar-refractivity contribution >= 4 is 17.6 Å². The number of benzene rings is 1. The summed E-state index contributed by atoms with van der Waals surface area (Å²) in [5.41, 5.74) is 5.28. The van der Waals surface area contributed by atoms with Crippen LogP contribution in [0.3, 0.4) is 0 Å². The highest BCUT2D eigenvalue weighted by Gasteiger charge is 2.23. The molecule has 0 fully saturated rings. The molecule has 0 spiro atoms. The molecule has 29 heavy (non-hydrogen) atoms. The molecule has 1 aromatic carbocycles. The molecule has 156 valence electrons. The van der Waals surface area contributed by atoms with E-state index >= 15 is 0 Å². The Bertz CT molecular complexity index is 1020. The van der Waals surface area contributed by atoms with Crippen LogP contribution in [0, 0.1) is 5.92 Å². The largest absolute Gasteiger partial charge is 0.454 e. The Morgan fingerprint density at radius 3 is 2.31 bits per heavy atom. The molecule has 2 aromatic rings. The van der Waals surface area contributed by atoms with Gasteiger partial charge in [0, 0.05) is 20.7 Å². The van der Waals surface area contributed by atoms with Crippen LogP contribution in [0.25, 0.3) is 0 Å². The fraction of sp³-hybridized carbons (Fsp3) is 0.400. The maximum Gasteiger partial charge on any atom is 0.338 e. The van der Waals surface area contributed by atoms with Crippen molar-refractivity contribution in [2.24, 2.45) is 13.0 Å². The Morgan fingerprint density at radius 1 is 1.14 bits per heavy atom. The number of nitrogens with two attached hydrogens (primary N) is 1. The van der Waals surface area contributed by atoms with E-state index in [1.807, 2.05) is 13.8 Å². The highest BCUT2D eigenvalue weighted by atomic mass is 16.5. The van der Waals surface area contributed by atoms with E-state index in [0.717, 1.165) is 10.1 Å². The summed E-state index contributed by atoms with van der Waals surface area (Å²) in [6.45, 7) is 3.73. The second kappa shape index (κ2) is 9.33. The van der Waals surface area contributed by atoms with Crippen molar-refractivity contribution in [1.29, 1.82) is 0 Å². The summed E-state index contributed by atoms with van der Waals surface area (Å²) < 4.78 is 12.0. The molecular formula is C20H25N3O6. The van der Waals surface area contributed by atoms with Crippen LogP contribution in [0.5, 0.6) is 0 Å². The van der Waals surface area contributed by atoms with Crippen molar-refractivity contribution in [3.63, 3.8) is 0 Å². The molecule has 0 aliphatic rings. The Kier molecular flexibility index (Phi) is 7.11. The number of rotatable bonds is 8. The monoisotopic (exact) mass is 403 g/mol. The molecule has 1 aromatic heterocycles. The number of anilines is 1. The number of aromatic nitrogens is 2. The first-order valence-electron chi connectivity index (χ1n) is 9.04. The smallest absolute Gasteiger partial charge is 0.338 e. The van der Waals surface area contributed by atoms with Crippen molar-refractivity contribution < 1.29 is 19.1 Å². The number of nitrogens with zero attached hydrogens (tertiary/aromatic N) is 2. The number of esters is 1. The standard InChI is InChI=1S/C20H25N3O6/c1-12(2)9-23-17(21)16(18(25)22(3)20(23)27)15(24)11-29-19(26)14-7-5-13(6-8-14)10-28-4/h5-8,12H,9-11,21H2,1-4H3. The van der Waals surface area contributed by atoms with Gasteiger partial charge in [0.15, 0.2) is 6.61 Å². The average molecular weight is 403 g/mol. The number of ether oxygens (including phenoxy) is 2. The van der Waals surface area contributed by atoms with E-state index in [1.54, 1.807) is 31.4 Å². The third-order valence-electron chi connectivity index (χ3n) is 4.24. The number of hydrogen-bond acceptors (Lipinski definition) is 7.